The van der Waals surface area contributed by atoms with Crippen molar-refractivity contribution in [1.82, 2.24) is 5.32 Å². The van der Waals surface area contributed by atoms with Crippen molar-refractivity contribution in [2.75, 3.05) is 20.3 Å². The molecule has 0 amide bonds. The van der Waals surface area contributed by atoms with Crippen molar-refractivity contribution >= 4 is 15.9 Å². The zero-order valence-corrected chi connectivity index (χ0v) is 13.0. The summed E-state index contributed by atoms with van der Waals surface area (Å²) in [5.41, 5.74) is 1.25. The Bertz CT molecular complexity index is 546. The predicted molar refractivity (Wildman–Crippen MR) is 84.3 cm³/mol. The maximum absolute atomic E-state index is 5.69. The second-order valence-electron chi connectivity index (χ2n) is 4.31. The molecule has 0 saturated carbocycles. The van der Waals surface area contributed by atoms with Crippen molar-refractivity contribution in [2.24, 2.45) is 0 Å². The lowest BCUT2D eigenvalue weighted by molar-refractivity contribution is 0.292. The highest BCUT2D eigenvalue weighted by molar-refractivity contribution is 9.10. The molecule has 0 fully saturated rings. The maximum atomic E-state index is 5.69. The number of para-hydroxylation sites is 2. The molecule has 3 nitrogen and oxygen atoms in total. The van der Waals surface area contributed by atoms with Gasteiger partial charge in [-0.05, 0) is 29.8 Å². The van der Waals surface area contributed by atoms with Crippen LogP contribution in [-0.2, 0) is 6.54 Å². The van der Waals surface area contributed by atoms with E-state index in [4.69, 9.17) is 9.47 Å². The van der Waals surface area contributed by atoms with E-state index < -0.39 is 0 Å². The SMILES string of the molecule is COc1ccccc1OCCNCc1cccc(Br)c1. The molecule has 2 aromatic carbocycles. The molecule has 4 heteroatoms. The zero-order chi connectivity index (χ0) is 14.2. The highest BCUT2D eigenvalue weighted by Gasteiger charge is 2.01. The zero-order valence-electron chi connectivity index (χ0n) is 11.4. The van der Waals surface area contributed by atoms with Gasteiger partial charge in [0, 0.05) is 17.6 Å². The number of rotatable bonds is 7. The Balaban J connectivity index is 1.71. The number of ether oxygens (including phenoxy) is 2. The van der Waals surface area contributed by atoms with E-state index in [2.05, 4.69) is 33.4 Å². The summed E-state index contributed by atoms with van der Waals surface area (Å²) in [6.07, 6.45) is 0. The Morgan fingerprint density at radius 3 is 2.60 bits per heavy atom. The molecule has 0 radical (unpaired) electrons. The minimum atomic E-state index is 0.606. The summed E-state index contributed by atoms with van der Waals surface area (Å²) in [6.45, 7) is 2.22. The Labute approximate surface area is 128 Å². The summed E-state index contributed by atoms with van der Waals surface area (Å²) >= 11 is 3.46. The number of hydrogen-bond acceptors (Lipinski definition) is 3. The summed E-state index contributed by atoms with van der Waals surface area (Å²) in [5.74, 6) is 1.54. The second-order valence-corrected chi connectivity index (χ2v) is 5.22. The van der Waals surface area contributed by atoms with E-state index in [1.165, 1.54) is 5.56 Å². The summed E-state index contributed by atoms with van der Waals surface area (Å²) in [6, 6.07) is 15.9. The van der Waals surface area contributed by atoms with Gasteiger partial charge in [0.25, 0.3) is 0 Å². The average molecular weight is 336 g/mol. The van der Waals surface area contributed by atoms with Gasteiger partial charge < -0.3 is 14.8 Å². The van der Waals surface area contributed by atoms with Gasteiger partial charge in [-0.3, -0.25) is 0 Å². The lowest BCUT2D eigenvalue weighted by atomic mass is 10.2. The highest BCUT2D eigenvalue weighted by Crippen LogP contribution is 2.25. The Hall–Kier alpha value is -1.52. The topological polar surface area (TPSA) is 30.5 Å². The number of hydrogen-bond donors (Lipinski definition) is 1. The molecule has 0 unspecified atom stereocenters. The van der Waals surface area contributed by atoms with Gasteiger partial charge in [0.05, 0.1) is 7.11 Å². The number of methoxy groups -OCH3 is 1. The molecule has 0 heterocycles. The monoisotopic (exact) mass is 335 g/mol. The van der Waals surface area contributed by atoms with Crippen LogP contribution in [0, 0.1) is 0 Å². The van der Waals surface area contributed by atoms with Crippen molar-refractivity contribution in [3.05, 3.63) is 58.6 Å². The average Bonchev–Trinajstić information content (AvgIpc) is 2.47. The van der Waals surface area contributed by atoms with Crippen molar-refractivity contribution in [2.45, 2.75) is 6.54 Å². The van der Waals surface area contributed by atoms with Gasteiger partial charge >= 0.3 is 0 Å². The first-order chi connectivity index (χ1) is 9.79. The van der Waals surface area contributed by atoms with Gasteiger partial charge in [0.1, 0.15) is 6.61 Å². The number of benzene rings is 2. The largest absolute Gasteiger partial charge is 0.493 e. The number of halogens is 1. The third-order valence-electron chi connectivity index (χ3n) is 2.82. The van der Waals surface area contributed by atoms with Crippen LogP contribution in [0.25, 0.3) is 0 Å². The Kier molecular flexibility index (Phi) is 5.89. The van der Waals surface area contributed by atoms with Crippen LogP contribution < -0.4 is 14.8 Å². The normalized spacial score (nSPS) is 10.3. The standard InChI is InChI=1S/C16H18BrNO2/c1-19-15-7-2-3-8-16(15)20-10-9-18-12-13-5-4-6-14(17)11-13/h2-8,11,18H,9-10,12H2,1H3. The lowest BCUT2D eigenvalue weighted by Gasteiger charge is -2.10. The fraction of sp³-hybridized carbons (Fsp3) is 0.250. The lowest BCUT2D eigenvalue weighted by Crippen LogP contribution is -2.20. The summed E-state index contributed by atoms with van der Waals surface area (Å²) in [4.78, 5) is 0. The van der Waals surface area contributed by atoms with Gasteiger partial charge in [-0.1, -0.05) is 40.2 Å². The van der Waals surface area contributed by atoms with Crippen LogP contribution in [0.4, 0.5) is 0 Å². The van der Waals surface area contributed by atoms with Crippen LogP contribution in [0.5, 0.6) is 11.5 Å². The summed E-state index contributed by atoms with van der Waals surface area (Å²) in [5, 5.41) is 3.35. The molecule has 0 aliphatic heterocycles. The van der Waals surface area contributed by atoms with Crippen LogP contribution >= 0.6 is 15.9 Å². The van der Waals surface area contributed by atoms with Crippen molar-refractivity contribution in [3.8, 4) is 11.5 Å². The minimum Gasteiger partial charge on any atom is -0.493 e. The molecule has 0 saturated heterocycles. The van der Waals surface area contributed by atoms with E-state index in [0.717, 1.165) is 29.1 Å². The van der Waals surface area contributed by atoms with E-state index in [1.807, 2.05) is 36.4 Å². The van der Waals surface area contributed by atoms with Crippen LogP contribution in [0.1, 0.15) is 5.56 Å². The van der Waals surface area contributed by atoms with Crippen molar-refractivity contribution in [3.63, 3.8) is 0 Å². The van der Waals surface area contributed by atoms with Crippen LogP contribution in [0.15, 0.2) is 53.0 Å². The van der Waals surface area contributed by atoms with Crippen LogP contribution in [0.3, 0.4) is 0 Å². The quantitative estimate of drug-likeness (QED) is 0.784. The van der Waals surface area contributed by atoms with Gasteiger partial charge in [0.2, 0.25) is 0 Å². The Morgan fingerprint density at radius 2 is 1.85 bits per heavy atom. The molecule has 2 rings (SSSR count). The molecule has 0 bridgehead atoms. The number of nitrogens with one attached hydrogen (secondary N) is 1. The van der Waals surface area contributed by atoms with Gasteiger partial charge in [-0.25, -0.2) is 0 Å². The first-order valence-electron chi connectivity index (χ1n) is 6.50. The van der Waals surface area contributed by atoms with E-state index >= 15 is 0 Å². The molecule has 0 aromatic heterocycles. The third-order valence-corrected chi connectivity index (χ3v) is 3.32. The second kappa shape index (κ2) is 7.92. The van der Waals surface area contributed by atoms with E-state index in [-0.39, 0.29) is 0 Å². The van der Waals surface area contributed by atoms with Crippen molar-refractivity contribution < 1.29 is 9.47 Å². The van der Waals surface area contributed by atoms with E-state index in [0.29, 0.717) is 6.61 Å². The van der Waals surface area contributed by atoms with Gasteiger partial charge in [-0.15, -0.1) is 0 Å². The van der Waals surface area contributed by atoms with Gasteiger partial charge in [0.15, 0.2) is 11.5 Å². The van der Waals surface area contributed by atoms with Crippen LogP contribution in [-0.4, -0.2) is 20.3 Å². The molecule has 20 heavy (non-hydrogen) atoms. The van der Waals surface area contributed by atoms with E-state index in [9.17, 15) is 0 Å². The first kappa shape index (κ1) is 14.9. The molecular weight excluding hydrogens is 318 g/mol. The van der Waals surface area contributed by atoms with Gasteiger partial charge in [-0.2, -0.15) is 0 Å². The first-order valence-corrected chi connectivity index (χ1v) is 7.30. The Morgan fingerprint density at radius 1 is 1.05 bits per heavy atom. The summed E-state index contributed by atoms with van der Waals surface area (Å²) < 4.78 is 12.0. The van der Waals surface area contributed by atoms with Crippen molar-refractivity contribution in [1.29, 1.82) is 0 Å². The molecule has 0 aliphatic rings. The molecule has 0 aliphatic carbocycles. The molecule has 2 aromatic rings. The highest BCUT2D eigenvalue weighted by atomic mass is 79.9. The fourth-order valence-corrected chi connectivity index (χ4v) is 2.30. The van der Waals surface area contributed by atoms with E-state index in [1.54, 1.807) is 7.11 Å². The smallest absolute Gasteiger partial charge is 0.161 e. The fourth-order valence-electron chi connectivity index (χ4n) is 1.85. The summed E-state index contributed by atoms with van der Waals surface area (Å²) in [7, 11) is 1.65. The minimum absolute atomic E-state index is 0.606. The molecule has 0 atom stereocenters. The van der Waals surface area contributed by atoms with Crippen LogP contribution in [0.2, 0.25) is 0 Å². The third kappa shape index (κ3) is 4.54. The predicted octanol–water partition coefficient (Wildman–Crippen LogP) is 3.63. The molecular formula is C16H18BrNO2. The molecule has 0 spiro atoms. The maximum Gasteiger partial charge on any atom is 0.161 e. The molecule has 1 N–H and O–H groups in total. The molecule has 106 valence electrons.